The summed E-state index contributed by atoms with van der Waals surface area (Å²) in [5.41, 5.74) is -2.08. The van der Waals surface area contributed by atoms with Crippen LogP contribution in [0.25, 0.3) is 0 Å². The second kappa shape index (κ2) is 6.70. The summed E-state index contributed by atoms with van der Waals surface area (Å²) in [6.07, 6.45) is 1.73. The van der Waals surface area contributed by atoms with Crippen LogP contribution in [0, 0.1) is 11.8 Å². The average Bonchev–Trinajstić information content (AvgIpc) is 2.72. The van der Waals surface area contributed by atoms with Crippen LogP contribution in [0.5, 0.6) is 0 Å². The van der Waals surface area contributed by atoms with Crippen LogP contribution >= 0.6 is 0 Å². The second-order valence-corrected chi connectivity index (χ2v) is 7.43. The number of nitrogens with one attached hydrogen (secondary N) is 1. The molecular formula is C17H28N2O5. The Morgan fingerprint density at radius 1 is 1.38 bits per heavy atom. The molecule has 3 amide bonds. The molecular weight excluding hydrogens is 312 g/mol. The molecule has 2 rings (SSSR count). The molecule has 1 aliphatic heterocycles. The highest BCUT2D eigenvalue weighted by Gasteiger charge is 2.52. The van der Waals surface area contributed by atoms with Crippen LogP contribution in [0.4, 0.5) is 4.79 Å². The van der Waals surface area contributed by atoms with Crippen LogP contribution < -0.4 is 5.32 Å². The van der Waals surface area contributed by atoms with Gasteiger partial charge < -0.3 is 15.2 Å². The maximum atomic E-state index is 12.6. The molecule has 24 heavy (non-hydrogen) atoms. The Bertz CT molecular complexity index is 525. The Hall–Kier alpha value is -1.63. The highest BCUT2D eigenvalue weighted by atomic mass is 16.5. The van der Waals surface area contributed by atoms with Crippen molar-refractivity contribution >= 4 is 17.9 Å². The zero-order valence-electron chi connectivity index (χ0n) is 14.9. The van der Waals surface area contributed by atoms with Crippen molar-refractivity contribution < 1.29 is 24.2 Å². The second-order valence-electron chi connectivity index (χ2n) is 7.43. The highest BCUT2D eigenvalue weighted by Crippen LogP contribution is 2.35. The molecule has 2 N–H and O–H groups in total. The average molecular weight is 340 g/mol. The number of β-amino-alcohol motifs (C(OH)–C–C–N with tert-alkyl or cyclic N) is 1. The first kappa shape index (κ1) is 18.7. The number of rotatable bonds is 5. The van der Waals surface area contributed by atoms with E-state index in [1.807, 2.05) is 13.8 Å². The van der Waals surface area contributed by atoms with E-state index in [-0.39, 0.29) is 30.3 Å². The summed E-state index contributed by atoms with van der Waals surface area (Å²) in [5, 5.41) is 13.5. The number of carbonyl (C=O) groups is 3. The Morgan fingerprint density at radius 3 is 2.42 bits per heavy atom. The minimum Gasteiger partial charge on any atom is -0.466 e. The van der Waals surface area contributed by atoms with E-state index in [0.29, 0.717) is 32.3 Å². The summed E-state index contributed by atoms with van der Waals surface area (Å²) in [6, 6.07) is -0.461. The highest BCUT2D eigenvalue weighted by molar-refractivity contribution is 6.07. The molecule has 7 nitrogen and oxygen atoms in total. The number of hydrogen-bond donors (Lipinski definition) is 2. The molecule has 7 heteroatoms. The van der Waals surface area contributed by atoms with E-state index in [0.717, 1.165) is 4.90 Å². The number of amides is 3. The molecule has 0 spiro atoms. The summed E-state index contributed by atoms with van der Waals surface area (Å²) < 4.78 is 5.02. The van der Waals surface area contributed by atoms with Gasteiger partial charge >= 0.3 is 12.0 Å². The molecule has 2 fully saturated rings. The van der Waals surface area contributed by atoms with Crippen molar-refractivity contribution in [2.24, 2.45) is 11.8 Å². The van der Waals surface area contributed by atoms with Gasteiger partial charge in [-0.3, -0.25) is 14.5 Å². The van der Waals surface area contributed by atoms with E-state index >= 15 is 0 Å². The van der Waals surface area contributed by atoms with Gasteiger partial charge in [0.25, 0.3) is 5.91 Å². The summed E-state index contributed by atoms with van der Waals surface area (Å²) in [7, 11) is 0. The number of hydrogen-bond acceptors (Lipinski definition) is 5. The number of urea groups is 1. The molecule has 0 aromatic carbocycles. The summed E-state index contributed by atoms with van der Waals surface area (Å²) in [5.74, 6) is -0.798. The molecule has 1 aliphatic carbocycles. The lowest BCUT2D eigenvalue weighted by Crippen LogP contribution is -2.51. The zero-order chi connectivity index (χ0) is 18.1. The molecule has 1 heterocycles. The van der Waals surface area contributed by atoms with Gasteiger partial charge in [-0.05, 0) is 45.4 Å². The summed E-state index contributed by atoms with van der Waals surface area (Å²) in [6.45, 7) is 7.53. The molecule has 1 saturated heterocycles. The molecule has 0 bridgehead atoms. The molecule has 2 aliphatic rings. The van der Waals surface area contributed by atoms with Gasteiger partial charge in [0.05, 0.1) is 24.7 Å². The lowest BCUT2D eigenvalue weighted by atomic mass is 9.78. The number of aliphatic hydroxyl groups is 1. The van der Waals surface area contributed by atoms with Gasteiger partial charge in [0, 0.05) is 0 Å². The maximum absolute atomic E-state index is 12.6. The fraction of sp³-hybridized carbons (Fsp3) is 0.824. The van der Waals surface area contributed by atoms with Crippen molar-refractivity contribution in [3.05, 3.63) is 0 Å². The Labute approximate surface area is 142 Å². The fourth-order valence-corrected chi connectivity index (χ4v) is 3.35. The summed E-state index contributed by atoms with van der Waals surface area (Å²) in [4.78, 5) is 37.7. The van der Waals surface area contributed by atoms with Crippen LogP contribution in [0.15, 0.2) is 0 Å². The van der Waals surface area contributed by atoms with Crippen molar-refractivity contribution in [3.8, 4) is 0 Å². The molecule has 0 radical (unpaired) electrons. The van der Waals surface area contributed by atoms with E-state index in [1.165, 1.54) is 0 Å². The van der Waals surface area contributed by atoms with Crippen molar-refractivity contribution in [1.82, 2.24) is 10.2 Å². The van der Waals surface area contributed by atoms with Crippen LogP contribution in [-0.4, -0.2) is 52.2 Å². The quantitative estimate of drug-likeness (QED) is 0.583. The number of nitrogens with zero attached hydrogens (tertiary/aromatic N) is 1. The van der Waals surface area contributed by atoms with Gasteiger partial charge in [-0.15, -0.1) is 0 Å². The minimum absolute atomic E-state index is 0.0322. The third-order valence-electron chi connectivity index (χ3n) is 5.44. The monoisotopic (exact) mass is 340 g/mol. The van der Waals surface area contributed by atoms with Gasteiger partial charge in [-0.2, -0.15) is 0 Å². The largest absolute Gasteiger partial charge is 0.466 e. The standard InChI is InChI=1S/C17H28N2O5/c1-5-24-13(20)12-6-8-17(23,9-7-12)10-19-14(21)16(4,11(2)3)18-15(19)22/h11-12,23H,5-10H2,1-4H3,(H,18,22). The van der Waals surface area contributed by atoms with Crippen LogP contribution in [-0.2, 0) is 14.3 Å². The molecule has 0 aromatic rings. The molecule has 136 valence electrons. The van der Waals surface area contributed by atoms with Crippen molar-refractivity contribution in [3.63, 3.8) is 0 Å². The SMILES string of the molecule is CCOC(=O)C1CCC(O)(CN2C(=O)NC(C)(C(C)C)C2=O)CC1. The number of esters is 1. The number of ether oxygens (including phenoxy) is 1. The van der Waals surface area contributed by atoms with Crippen LogP contribution in [0.1, 0.15) is 53.4 Å². The van der Waals surface area contributed by atoms with Crippen molar-refractivity contribution in [2.45, 2.75) is 64.5 Å². The molecule has 1 unspecified atom stereocenters. The summed E-state index contributed by atoms with van der Waals surface area (Å²) >= 11 is 0. The van der Waals surface area contributed by atoms with Crippen molar-refractivity contribution in [1.29, 1.82) is 0 Å². The lowest BCUT2D eigenvalue weighted by Gasteiger charge is -2.37. The predicted octanol–water partition coefficient (Wildman–Crippen LogP) is 1.44. The third kappa shape index (κ3) is 3.41. The molecule has 0 aromatic heterocycles. The third-order valence-corrected chi connectivity index (χ3v) is 5.44. The lowest BCUT2D eigenvalue weighted by molar-refractivity contribution is -0.152. The molecule has 1 saturated carbocycles. The smallest absolute Gasteiger partial charge is 0.325 e. The first-order valence-corrected chi connectivity index (χ1v) is 8.66. The van der Waals surface area contributed by atoms with E-state index in [4.69, 9.17) is 4.74 Å². The molecule has 1 atom stereocenters. The van der Waals surface area contributed by atoms with E-state index in [2.05, 4.69) is 5.32 Å². The van der Waals surface area contributed by atoms with E-state index < -0.39 is 17.2 Å². The Kier molecular flexibility index (Phi) is 5.22. The van der Waals surface area contributed by atoms with Gasteiger partial charge in [0.2, 0.25) is 0 Å². The predicted molar refractivity (Wildman–Crippen MR) is 87.0 cm³/mol. The number of imide groups is 1. The number of carbonyl (C=O) groups excluding carboxylic acids is 3. The first-order valence-electron chi connectivity index (χ1n) is 8.66. The van der Waals surface area contributed by atoms with Crippen molar-refractivity contribution in [2.75, 3.05) is 13.2 Å². The minimum atomic E-state index is -1.14. The normalized spacial score (nSPS) is 33.8. The maximum Gasteiger partial charge on any atom is 0.325 e. The van der Waals surface area contributed by atoms with Gasteiger partial charge in [-0.1, -0.05) is 13.8 Å². The van der Waals surface area contributed by atoms with Gasteiger partial charge in [-0.25, -0.2) is 4.79 Å². The topological polar surface area (TPSA) is 95.9 Å². The first-order chi connectivity index (χ1) is 11.1. The van der Waals surface area contributed by atoms with Gasteiger partial charge in [0.1, 0.15) is 5.54 Å². The van der Waals surface area contributed by atoms with Crippen LogP contribution in [0.3, 0.4) is 0 Å². The van der Waals surface area contributed by atoms with Gasteiger partial charge in [0.15, 0.2) is 0 Å². The van der Waals surface area contributed by atoms with E-state index in [1.54, 1.807) is 13.8 Å². The van der Waals surface area contributed by atoms with Crippen LogP contribution in [0.2, 0.25) is 0 Å². The Morgan fingerprint density at radius 2 is 1.96 bits per heavy atom. The fourth-order valence-electron chi connectivity index (χ4n) is 3.35. The zero-order valence-corrected chi connectivity index (χ0v) is 14.9. The van der Waals surface area contributed by atoms with E-state index in [9.17, 15) is 19.5 Å². The Balaban J connectivity index is 2.00.